The molecule has 0 amide bonds. The largest absolute Gasteiger partial charge is 0.198 e. The zero-order valence-corrected chi connectivity index (χ0v) is 11.4. The van der Waals surface area contributed by atoms with Gasteiger partial charge in [-0.25, -0.2) is 0 Å². The topological polar surface area (TPSA) is 23.8 Å². The van der Waals surface area contributed by atoms with Crippen LogP contribution in [0, 0.1) is 17.2 Å². The minimum atomic E-state index is 0.0474. The maximum Gasteiger partial charge on any atom is 0.0740 e. The van der Waals surface area contributed by atoms with E-state index in [1.807, 2.05) is 0 Å². The fraction of sp³-hybridized carbons (Fsp3) is 0.562. The molecule has 0 N–H and O–H groups in total. The highest BCUT2D eigenvalue weighted by Gasteiger charge is 2.19. The summed E-state index contributed by atoms with van der Waals surface area (Å²) in [7, 11) is 0. The summed E-state index contributed by atoms with van der Waals surface area (Å²) in [5.74, 6) is 1.08. The third-order valence-corrected chi connectivity index (χ3v) is 3.62. The van der Waals surface area contributed by atoms with E-state index >= 15 is 0 Å². The summed E-state index contributed by atoms with van der Waals surface area (Å²) in [5.41, 5.74) is 2.51. The van der Waals surface area contributed by atoms with E-state index in [2.05, 4.69) is 58.0 Å². The van der Waals surface area contributed by atoms with E-state index in [9.17, 15) is 5.26 Å². The number of nitrogens with zero attached hydrogens (tertiary/aromatic N) is 1. The Kier molecular flexibility index (Phi) is 5.22. The maximum absolute atomic E-state index is 9.34. The number of rotatable bonds is 5. The Morgan fingerprint density at radius 2 is 1.47 bits per heavy atom. The molecule has 0 heterocycles. The van der Waals surface area contributed by atoms with Gasteiger partial charge in [-0.05, 0) is 23.0 Å². The van der Waals surface area contributed by atoms with E-state index in [1.165, 1.54) is 11.1 Å². The molecule has 0 saturated carbocycles. The molecular formula is C16H23N. The van der Waals surface area contributed by atoms with Crippen molar-refractivity contribution in [1.82, 2.24) is 0 Å². The minimum absolute atomic E-state index is 0.0474. The van der Waals surface area contributed by atoms with Gasteiger partial charge in [-0.15, -0.1) is 0 Å². The smallest absolute Gasteiger partial charge is 0.0740 e. The van der Waals surface area contributed by atoms with Crippen molar-refractivity contribution in [2.75, 3.05) is 0 Å². The van der Waals surface area contributed by atoms with E-state index in [-0.39, 0.29) is 5.92 Å². The molecule has 1 unspecified atom stereocenters. The van der Waals surface area contributed by atoms with Gasteiger partial charge in [0.25, 0.3) is 0 Å². The van der Waals surface area contributed by atoms with Crippen LogP contribution >= 0.6 is 0 Å². The van der Waals surface area contributed by atoms with Crippen molar-refractivity contribution >= 4 is 0 Å². The van der Waals surface area contributed by atoms with Gasteiger partial charge in [0.1, 0.15) is 0 Å². The van der Waals surface area contributed by atoms with Gasteiger partial charge in [0.05, 0.1) is 12.0 Å². The first-order chi connectivity index (χ1) is 8.13. The van der Waals surface area contributed by atoms with Gasteiger partial charge in [-0.2, -0.15) is 5.26 Å². The summed E-state index contributed by atoms with van der Waals surface area (Å²) in [6.45, 7) is 8.72. The Morgan fingerprint density at radius 3 is 1.82 bits per heavy atom. The zero-order chi connectivity index (χ0) is 12.8. The first-order valence-electron chi connectivity index (χ1n) is 6.63. The molecule has 0 radical (unpaired) electrons. The fourth-order valence-corrected chi connectivity index (χ4v) is 2.30. The van der Waals surface area contributed by atoms with Crippen LogP contribution in [0.1, 0.15) is 63.5 Å². The number of nitriles is 1. The Labute approximate surface area is 105 Å². The molecule has 17 heavy (non-hydrogen) atoms. The summed E-state index contributed by atoms with van der Waals surface area (Å²) in [4.78, 5) is 0. The molecule has 0 fully saturated rings. The highest BCUT2D eigenvalue weighted by molar-refractivity contribution is 5.30. The fourth-order valence-electron chi connectivity index (χ4n) is 2.30. The summed E-state index contributed by atoms with van der Waals surface area (Å²) >= 11 is 0. The molecule has 1 heteroatoms. The number of hydrogen-bond donors (Lipinski definition) is 0. The van der Waals surface area contributed by atoms with Crippen molar-refractivity contribution in [3.8, 4) is 6.07 Å². The minimum Gasteiger partial charge on any atom is -0.198 e. The normalized spacial score (nSPS) is 12.8. The van der Waals surface area contributed by atoms with Crippen molar-refractivity contribution in [2.45, 2.75) is 52.4 Å². The second-order valence-electron chi connectivity index (χ2n) is 5.00. The molecule has 1 aromatic rings. The van der Waals surface area contributed by atoms with Gasteiger partial charge < -0.3 is 0 Å². The van der Waals surface area contributed by atoms with Gasteiger partial charge in [0.15, 0.2) is 0 Å². The van der Waals surface area contributed by atoms with Gasteiger partial charge in [0, 0.05) is 0 Å². The van der Waals surface area contributed by atoms with Crippen LogP contribution in [0.15, 0.2) is 24.3 Å². The van der Waals surface area contributed by atoms with E-state index in [1.54, 1.807) is 0 Å². The van der Waals surface area contributed by atoms with E-state index in [0.29, 0.717) is 11.8 Å². The van der Waals surface area contributed by atoms with Crippen molar-refractivity contribution in [3.63, 3.8) is 0 Å². The predicted molar refractivity (Wildman–Crippen MR) is 73.0 cm³/mol. The molecule has 0 aliphatic heterocycles. The van der Waals surface area contributed by atoms with Crippen molar-refractivity contribution in [1.29, 1.82) is 5.26 Å². The van der Waals surface area contributed by atoms with Crippen LogP contribution < -0.4 is 0 Å². The summed E-state index contributed by atoms with van der Waals surface area (Å²) in [6.07, 6.45) is 2.14. The number of hydrogen-bond acceptors (Lipinski definition) is 1. The van der Waals surface area contributed by atoms with E-state index in [0.717, 1.165) is 12.8 Å². The average Bonchev–Trinajstić information content (AvgIpc) is 2.36. The molecule has 1 nitrogen and oxygen atoms in total. The molecule has 0 aliphatic carbocycles. The van der Waals surface area contributed by atoms with Gasteiger partial charge in [0.2, 0.25) is 0 Å². The lowest BCUT2D eigenvalue weighted by atomic mass is 9.83. The molecule has 0 aromatic heterocycles. The highest BCUT2D eigenvalue weighted by atomic mass is 14.3. The highest BCUT2D eigenvalue weighted by Crippen LogP contribution is 2.29. The van der Waals surface area contributed by atoms with Crippen LogP contribution in [0.3, 0.4) is 0 Å². The molecule has 1 aromatic carbocycles. The Morgan fingerprint density at radius 1 is 1.00 bits per heavy atom. The molecule has 0 aliphatic rings. The second kappa shape index (κ2) is 6.45. The van der Waals surface area contributed by atoms with Crippen molar-refractivity contribution in [2.24, 2.45) is 5.92 Å². The molecule has 0 bridgehead atoms. The summed E-state index contributed by atoms with van der Waals surface area (Å²) in [5, 5.41) is 9.34. The third kappa shape index (κ3) is 3.33. The van der Waals surface area contributed by atoms with E-state index in [4.69, 9.17) is 0 Å². The lowest BCUT2D eigenvalue weighted by Crippen LogP contribution is -2.09. The monoisotopic (exact) mass is 229 g/mol. The van der Waals surface area contributed by atoms with E-state index < -0.39 is 0 Å². The molecule has 1 rings (SSSR count). The molecular weight excluding hydrogens is 206 g/mol. The van der Waals surface area contributed by atoms with Gasteiger partial charge >= 0.3 is 0 Å². The molecule has 0 saturated heterocycles. The zero-order valence-electron chi connectivity index (χ0n) is 11.4. The summed E-state index contributed by atoms with van der Waals surface area (Å²) in [6, 6.07) is 11.0. The second-order valence-corrected chi connectivity index (χ2v) is 5.00. The maximum atomic E-state index is 9.34. The quantitative estimate of drug-likeness (QED) is 0.707. The lowest BCUT2D eigenvalue weighted by molar-refractivity contribution is 0.453. The first kappa shape index (κ1) is 13.8. The summed E-state index contributed by atoms with van der Waals surface area (Å²) < 4.78 is 0. The van der Waals surface area contributed by atoms with Crippen molar-refractivity contribution in [3.05, 3.63) is 35.4 Å². The lowest BCUT2D eigenvalue weighted by Gasteiger charge is -2.19. The average molecular weight is 229 g/mol. The van der Waals surface area contributed by atoms with Crippen LogP contribution in [-0.4, -0.2) is 0 Å². The molecule has 1 atom stereocenters. The Hall–Kier alpha value is -1.29. The molecule has 92 valence electrons. The molecule has 0 spiro atoms. The van der Waals surface area contributed by atoms with Crippen LogP contribution in [0.4, 0.5) is 0 Å². The Bertz CT molecular complexity index is 366. The standard InChI is InChI=1S/C16H23N/c1-5-13(6-2)16(11-17)15-9-7-14(8-10-15)12(3)4/h7-10,12-13,16H,5-6H2,1-4H3. The predicted octanol–water partition coefficient (Wildman–Crippen LogP) is 4.85. The van der Waals surface area contributed by atoms with Gasteiger partial charge in [-0.1, -0.05) is 64.8 Å². The van der Waals surface area contributed by atoms with Crippen LogP contribution in [0.2, 0.25) is 0 Å². The SMILES string of the molecule is CCC(CC)C(C#N)c1ccc(C(C)C)cc1. The Balaban J connectivity index is 2.94. The third-order valence-electron chi connectivity index (χ3n) is 3.62. The number of benzene rings is 1. The van der Waals surface area contributed by atoms with Crippen molar-refractivity contribution < 1.29 is 0 Å². The van der Waals surface area contributed by atoms with Crippen LogP contribution in [-0.2, 0) is 0 Å². The first-order valence-corrected chi connectivity index (χ1v) is 6.63. The van der Waals surface area contributed by atoms with Crippen LogP contribution in [0.5, 0.6) is 0 Å². The van der Waals surface area contributed by atoms with Crippen LogP contribution in [0.25, 0.3) is 0 Å². The van der Waals surface area contributed by atoms with Gasteiger partial charge in [-0.3, -0.25) is 0 Å².